The number of hydrogen-bond acceptors (Lipinski definition) is 3. The zero-order valence-corrected chi connectivity index (χ0v) is 16.5. The number of fused-ring (bicyclic) bond motifs is 1. The van der Waals surface area contributed by atoms with Crippen molar-refractivity contribution in [3.8, 4) is 11.1 Å². The van der Waals surface area contributed by atoms with Gasteiger partial charge < -0.3 is 0 Å². The van der Waals surface area contributed by atoms with Gasteiger partial charge in [-0.2, -0.15) is 0 Å². The Morgan fingerprint density at radius 2 is 1.57 bits per heavy atom. The molecule has 0 saturated carbocycles. The summed E-state index contributed by atoms with van der Waals surface area (Å²) in [4.78, 5) is 4.44. The molecule has 0 aliphatic rings. The highest BCUT2D eigenvalue weighted by atomic mass is 32.2. The van der Waals surface area contributed by atoms with Crippen LogP contribution in [-0.4, -0.2) is 13.4 Å². The Hall–Kier alpha value is -3.18. The summed E-state index contributed by atoms with van der Waals surface area (Å²) in [7, 11) is -3.67. The van der Waals surface area contributed by atoms with Gasteiger partial charge in [0.15, 0.2) is 0 Å². The average molecular weight is 388 g/mol. The minimum absolute atomic E-state index is 0.246. The molecule has 140 valence electrons. The highest BCUT2D eigenvalue weighted by Gasteiger charge is 2.15. The van der Waals surface area contributed by atoms with Gasteiger partial charge in [0, 0.05) is 23.6 Å². The molecular formula is C23H20N2O2S. The Morgan fingerprint density at radius 3 is 2.32 bits per heavy atom. The molecule has 4 rings (SSSR count). The van der Waals surface area contributed by atoms with Crippen molar-refractivity contribution in [3.05, 3.63) is 90.3 Å². The summed E-state index contributed by atoms with van der Waals surface area (Å²) in [6, 6.07) is 20.4. The second-order valence-corrected chi connectivity index (χ2v) is 8.52. The molecule has 0 atom stereocenters. The van der Waals surface area contributed by atoms with Gasteiger partial charge in [0.25, 0.3) is 10.0 Å². The molecule has 0 aliphatic carbocycles. The van der Waals surface area contributed by atoms with Gasteiger partial charge in [-0.25, -0.2) is 8.42 Å². The van der Waals surface area contributed by atoms with Crippen LogP contribution in [0.25, 0.3) is 21.9 Å². The third-order valence-corrected chi connectivity index (χ3v) is 6.22. The van der Waals surface area contributed by atoms with Gasteiger partial charge in [0.1, 0.15) is 0 Å². The number of aromatic nitrogens is 1. The first-order valence-electron chi connectivity index (χ1n) is 8.97. The number of aryl methyl sites for hydroxylation is 2. The molecule has 0 unspecified atom stereocenters. The molecule has 0 spiro atoms. The fraction of sp³-hybridized carbons (Fsp3) is 0.0870. The van der Waals surface area contributed by atoms with Crippen LogP contribution in [0.1, 0.15) is 11.1 Å². The third-order valence-electron chi connectivity index (χ3n) is 4.84. The van der Waals surface area contributed by atoms with Gasteiger partial charge in [0.2, 0.25) is 0 Å². The van der Waals surface area contributed by atoms with E-state index in [1.54, 1.807) is 24.4 Å². The topological polar surface area (TPSA) is 59.1 Å². The lowest BCUT2D eigenvalue weighted by atomic mass is 9.98. The Bertz CT molecular complexity index is 1280. The number of benzene rings is 3. The monoisotopic (exact) mass is 388 g/mol. The van der Waals surface area contributed by atoms with E-state index in [2.05, 4.69) is 9.71 Å². The van der Waals surface area contributed by atoms with Crippen molar-refractivity contribution in [1.82, 2.24) is 4.98 Å². The number of hydrogen-bond donors (Lipinski definition) is 1. The van der Waals surface area contributed by atoms with Gasteiger partial charge in [0.05, 0.1) is 4.90 Å². The quantitative estimate of drug-likeness (QED) is 0.515. The van der Waals surface area contributed by atoms with E-state index in [9.17, 15) is 8.42 Å². The highest BCUT2D eigenvalue weighted by Crippen LogP contribution is 2.29. The van der Waals surface area contributed by atoms with Gasteiger partial charge in [-0.3, -0.25) is 9.71 Å². The van der Waals surface area contributed by atoms with Gasteiger partial charge in [-0.1, -0.05) is 36.4 Å². The molecule has 1 heterocycles. The number of pyridine rings is 1. The Labute approximate surface area is 164 Å². The summed E-state index contributed by atoms with van der Waals surface area (Å²) in [6.07, 6.45) is 3.59. The molecule has 0 bridgehead atoms. The summed E-state index contributed by atoms with van der Waals surface area (Å²) in [6.45, 7) is 4.00. The van der Waals surface area contributed by atoms with Crippen LogP contribution in [0.4, 0.5) is 5.69 Å². The largest absolute Gasteiger partial charge is 0.280 e. The molecule has 0 aliphatic heterocycles. The molecule has 4 aromatic rings. The van der Waals surface area contributed by atoms with Gasteiger partial charge >= 0.3 is 0 Å². The van der Waals surface area contributed by atoms with E-state index in [0.717, 1.165) is 33.0 Å². The van der Waals surface area contributed by atoms with Crippen molar-refractivity contribution < 1.29 is 8.42 Å². The SMILES string of the molecule is Cc1cc(NS(=O)(=O)c2ccc3ccccc3c2)ccc1-c1cnccc1C. The van der Waals surface area contributed by atoms with E-state index in [1.165, 1.54) is 0 Å². The molecule has 0 amide bonds. The summed E-state index contributed by atoms with van der Waals surface area (Å²) >= 11 is 0. The Kier molecular flexibility index (Phi) is 4.61. The van der Waals surface area contributed by atoms with E-state index >= 15 is 0 Å². The van der Waals surface area contributed by atoms with Crippen molar-refractivity contribution in [1.29, 1.82) is 0 Å². The van der Waals surface area contributed by atoms with Crippen molar-refractivity contribution in [2.24, 2.45) is 0 Å². The Balaban J connectivity index is 1.66. The molecule has 0 fully saturated rings. The number of nitrogens with zero attached hydrogens (tertiary/aromatic N) is 1. The van der Waals surface area contributed by atoms with E-state index < -0.39 is 10.0 Å². The van der Waals surface area contributed by atoms with Crippen molar-refractivity contribution in [2.75, 3.05) is 4.72 Å². The molecule has 0 radical (unpaired) electrons. The average Bonchev–Trinajstić information content (AvgIpc) is 2.68. The van der Waals surface area contributed by atoms with E-state index in [0.29, 0.717) is 5.69 Å². The summed E-state index contributed by atoms with van der Waals surface area (Å²) in [5.41, 5.74) is 4.73. The van der Waals surface area contributed by atoms with Gasteiger partial charge in [-0.15, -0.1) is 0 Å². The smallest absolute Gasteiger partial charge is 0.261 e. The second-order valence-electron chi connectivity index (χ2n) is 6.83. The van der Waals surface area contributed by atoms with Gasteiger partial charge in [-0.05, 0) is 71.6 Å². The van der Waals surface area contributed by atoms with E-state index in [1.807, 2.05) is 68.6 Å². The molecule has 1 N–H and O–H groups in total. The fourth-order valence-electron chi connectivity index (χ4n) is 3.32. The van der Waals surface area contributed by atoms with Crippen LogP contribution < -0.4 is 4.72 Å². The predicted octanol–water partition coefficient (Wildman–Crippen LogP) is 5.32. The molecule has 1 aromatic heterocycles. The first kappa shape index (κ1) is 18.2. The van der Waals surface area contributed by atoms with E-state index in [4.69, 9.17) is 0 Å². The number of rotatable bonds is 4. The maximum atomic E-state index is 12.8. The van der Waals surface area contributed by atoms with Crippen LogP contribution in [0.3, 0.4) is 0 Å². The molecule has 28 heavy (non-hydrogen) atoms. The molecular weight excluding hydrogens is 368 g/mol. The van der Waals surface area contributed by atoms with Crippen LogP contribution in [0.2, 0.25) is 0 Å². The second kappa shape index (κ2) is 7.09. The minimum Gasteiger partial charge on any atom is -0.280 e. The summed E-state index contributed by atoms with van der Waals surface area (Å²) < 4.78 is 28.4. The molecule has 4 nitrogen and oxygen atoms in total. The third kappa shape index (κ3) is 3.49. The highest BCUT2D eigenvalue weighted by molar-refractivity contribution is 7.92. The Morgan fingerprint density at radius 1 is 0.786 bits per heavy atom. The fourth-order valence-corrected chi connectivity index (χ4v) is 4.41. The lowest BCUT2D eigenvalue weighted by Gasteiger charge is -2.13. The first-order chi connectivity index (χ1) is 13.4. The maximum Gasteiger partial charge on any atom is 0.261 e. The van der Waals surface area contributed by atoms with Crippen LogP contribution in [-0.2, 0) is 10.0 Å². The first-order valence-corrected chi connectivity index (χ1v) is 10.5. The number of nitrogens with one attached hydrogen (secondary N) is 1. The predicted molar refractivity (Wildman–Crippen MR) is 114 cm³/mol. The minimum atomic E-state index is -3.67. The number of sulfonamides is 1. The van der Waals surface area contributed by atoms with Crippen LogP contribution >= 0.6 is 0 Å². The van der Waals surface area contributed by atoms with Crippen LogP contribution in [0.15, 0.2) is 84.0 Å². The molecule has 0 saturated heterocycles. The number of anilines is 1. The van der Waals surface area contributed by atoms with Crippen molar-refractivity contribution in [2.45, 2.75) is 18.7 Å². The molecule has 5 heteroatoms. The van der Waals surface area contributed by atoms with Crippen LogP contribution in [0, 0.1) is 13.8 Å². The lowest BCUT2D eigenvalue weighted by molar-refractivity contribution is 0.601. The van der Waals surface area contributed by atoms with Crippen LogP contribution in [0.5, 0.6) is 0 Å². The van der Waals surface area contributed by atoms with Crippen molar-refractivity contribution in [3.63, 3.8) is 0 Å². The van der Waals surface area contributed by atoms with Crippen molar-refractivity contribution >= 4 is 26.5 Å². The summed E-state index contributed by atoms with van der Waals surface area (Å²) in [5.74, 6) is 0. The zero-order chi connectivity index (χ0) is 19.7. The molecule has 3 aromatic carbocycles. The normalized spacial score (nSPS) is 11.5. The standard InChI is InChI=1S/C23H20N2O2S/c1-16-11-12-24-15-23(16)22-10-8-20(13-17(22)2)25-28(26,27)21-9-7-18-5-3-4-6-19(18)14-21/h3-15,25H,1-2H3. The lowest BCUT2D eigenvalue weighted by Crippen LogP contribution is -2.13. The zero-order valence-electron chi connectivity index (χ0n) is 15.7. The summed E-state index contributed by atoms with van der Waals surface area (Å²) in [5, 5.41) is 1.90. The van der Waals surface area contributed by atoms with E-state index in [-0.39, 0.29) is 4.90 Å². The maximum absolute atomic E-state index is 12.8.